The van der Waals surface area contributed by atoms with E-state index in [1.54, 1.807) is 4.90 Å². The van der Waals surface area contributed by atoms with Crippen molar-refractivity contribution in [2.75, 3.05) is 6.61 Å². The first-order valence-corrected chi connectivity index (χ1v) is 5.43. The number of carbonyl (C=O) groups excluding carboxylic acids is 1. The smallest absolute Gasteiger partial charge is 0.223 e. The quantitative estimate of drug-likeness (QED) is 0.705. The number of hydrogen-bond donors (Lipinski definition) is 1. The van der Waals surface area contributed by atoms with E-state index >= 15 is 0 Å². The van der Waals surface area contributed by atoms with Gasteiger partial charge in [0.05, 0.1) is 6.07 Å². The number of piperidine rings is 1. The SMILES string of the molecule is C#C.N#C[C@@H]1C[C@@H]2C[C@@H]2N1C(=O)CCCO. The molecule has 0 aromatic carbocycles. The number of nitriles is 1. The predicted octanol–water partition coefficient (Wildman–Crippen LogP) is 0.521. The van der Waals surface area contributed by atoms with Crippen LogP contribution >= 0.6 is 0 Å². The van der Waals surface area contributed by atoms with Gasteiger partial charge in [-0.1, -0.05) is 0 Å². The summed E-state index contributed by atoms with van der Waals surface area (Å²) in [6.07, 6.45) is 10.8. The van der Waals surface area contributed by atoms with Gasteiger partial charge in [0.15, 0.2) is 0 Å². The zero-order valence-corrected chi connectivity index (χ0v) is 9.17. The fourth-order valence-electron chi connectivity index (χ4n) is 2.29. The monoisotopic (exact) mass is 220 g/mol. The van der Waals surface area contributed by atoms with Crippen LogP contribution in [0, 0.1) is 30.1 Å². The van der Waals surface area contributed by atoms with Crippen LogP contribution in [0.25, 0.3) is 0 Å². The van der Waals surface area contributed by atoms with E-state index in [2.05, 4.69) is 18.9 Å². The Balaban J connectivity index is 0.000000606. The topological polar surface area (TPSA) is 64.3 Å². The number of carbonyl (C=O) groups is 1. The Kier molecular flexibility index (Phi) is 4.34. The van der Waals surface area contributed by atoms with Crippen molar-refractivity contribution in [2.24, 2.45) is 5.92 Å². The normalized spacial score (nSPS) is 29.6. The number of terminal acetylenes is 1. The predicted molar refractivity (Wildman–Crippen MR) is 59.0 cm³/mol. The van der Waals surface area contributed by atoms with Gasteiger partial charge in [-0.25, -0.2) is 0 Å². The Morgan fingerprint density at radius 1 is 1.50 bits per heavy atom. The summed E-state index contributed by atoms with van der Waals surface area (Å²) in [5.41, 5.74) is 0. The number of fused-ring (bicyclic) bond motifs is 1. The molecule has 1 saturated heterocycles. The first kappa shape index (κ1) is 12.5. The summed E-state index contributed by atoms with van der Waals surface area (Å²) >= 11 is 0. The third-order valence-electron chi connectivity index (χ3n) is 3.09. The Morgan fingerprint density at radius 2 is 2.19 bits per heavy atom. The van der Waals surface area contributed by atoms with Crippen LogP contribution in [0.2, 0.25) is 0 Å². The van der Waals surface area contributed by atoms with Crippen LogP contribution in [0.4, 0.5) is 0 Å². The molecule has 4 nitrogen and oxygen atoms in total. The van der Waals surface area contributed by atoms with Crippen molar-refractivity contribution in [3.63, 3.8) is 0 Å². The minimum atomic E-state index is -0.204. The zero-order valence-electron chi connectivity index (χ0n) is 9.17. The summed E-state index contributed by atoms with van der Waals surface area (Å²) < 4.78 is 0. The van der Waals surface area contributed by atoms with Crippen molar-refractivity contribution in [2.45, 2.75) is 37.8 Å². The fourth-order valence-corrected chi connectivity index (χ4v) is 2.29. The molecule has 0 aromatic rings. The number of nitrogens with zero attached hydrogens (tertiary/aromatic N) is 2. The Hall–Kier alpha value is -1.52. The van der Waals surface area contributed by atoms with Crippen LogP contribution in [0.1, 0.15) is 25.7 Å². The highest BCUT2D eigenvalue weighted by atomic mass is 16.3. The van der Waals surface area contributed by atoms with Gasteiger partial charge in [0.2, 0.25) is 5.91 Å². The van der Waals surface area contributed by atoms with Crippen LogP contribution in [0.15, 0.2) is 0 Å². The molecular formula is C12H16N2O2. The molecule has 2 rings (SSSR count). The molecule has 0 spiro atoms. The molecule has 1 aliphatic carbocycles. The maximum Gasteiger partial charge on any atom is 0.223 e. The van der Waals surface area contributed by atoms with E-state index in [0.29, 0.717) is 24.8 Å². The van der Waals surface area contributed by atoms with Crippen molar-refractivity contribution < 1.29 is 9.90 Å². The summed E-state index contributed by atoms with van der Waals surface area (Å²) in [7, 11) is 0. The molecule has 1 saturated carbocycles. The van der Waals surface area contributed by atoms with E-state index in [0.717, 1.165) is 12.8 Å². The highest BCUT2D eigenvalue weighted by Crippen LogP contribution is 2.47. The lowest BCUT2D eigenvalue weighted by atomic mass is 10.2. The third-order valence-corrected chi connectivity index (χ3v) is 3.09. The molecule has 1 amide bonds. The molecular weight excluding hydrogens is 204 g/mol. The lowest BCUT2D eigenvalue weighted by Crippen LogP contribution is -2.37. The molecule has 0 radical (unpaired) electrons. The minimum absolute atomic E-state index is 0.0376. The van der Waals surface area contributed by atoms with Gasteiger partial charge in [-0.2, -0.15) is 5.26 Å². The number of aliphatic hydroxyl groups excluding tert-OH is 1. The Bertz CT molecular complexity index is 319. The van der Waals surface area contributed by atoms with Crippen molar-refractivity contribution >= 4 is 5.91 Å². The molecule has 1 heterocycles. The van der Waals surface area contributed by atoms with Crippen molar-refractivity contribution in [1.82, 2.24) is 4.90 Å². The first-order valence-electron chi connectivity index (χ1n) is 5.43. The highest BCUT2D eigenvalue weighted by Gasteiger charge is 2.53. The summed E-state index contributed by atoms with van der Waals surface area (Å²) in [6, 6.07) is 2.31. The number of aliphatic hydroxyl groups is 1. The largest absolute Gasteiger partial charge is 0.396 e. The standard InChI is InChI=1S/C10H14N2O2.C2H2/c11-6-8-4-7-5-9(7)12(8)10(14)2-1-3-13;1-2/h7-9,13H,1-5H2;1-2H/t7-,8+,9+;/m1./s1. The third kappa shape index (κ3) is 2.35. The van der Waals surface area contributed by atoms with Gasteiger partial charge in [-0.15, -0.1) is 12.8 Å². The Morgan fingerprint density at radius 3 is 2.75 bits per heavy atom. The summed E-state index contributed by atoms with van der Waals surface area (Å²) in [5, 5.41) is 17.5. The molecule has 2 aliphatic rings. The second-order valence-electron chi connectivity index (χ2n) is 4.07. The van der Waals surface area contributed by atoms with Gasteiger partial charge in [-0.05, 0) is 25.2 Å². The number of rotatable bonds is 3. The van der Waals surface area contributed by atoms with Crippen LogP contribution < -0.4 is 0 Å². The maximum absolute atomic E-state index is 11.7. The van der Waals surface area contributed by atoms with Crippen LogP contribution in [0.3, 0.4) is 0 Å². The molecule has 16 heavy (non-hydrogen) atoms. The van der Waals surface area contributed by atoms with Gasteiger partial charge < -0.3 is 10.0 Å². The summed E-state index contributed by atoms with van der Waals surface area (Å²) in [6.45, 7) is 0.0465. The lowest BCUT2D eigenvalue weighted by Gasteiger charge is -2.22. The number of likely N-dealkylation sites (tertiary alicyclic amines) is 1. The van der Waals surface area contributed by atoms with Gasteiger partial charge in [0.25, 0.3) is 0 Å². The summed E-state index contributed by atoms with van der Waals surface area (Å²) in [4.78, 5) is 13.4. The van der Waals surface area contributed by atoms with E-state index in [-0.39, 0.29) is 18.6 Å². The molecule has 2 fully saturated rings. The molecule has 1 aliphatic heterocycles. The average molecular weight is 220 g/mol. The molecule has 0 bridgehead atoms. The van der Waals surface area contributed by atoms with E-state index in [4.69, 9.17) is 10.4 Å². The maximum atomic E-state index is 11.7. The Labute approximate surface area is 95.9 Å². The van der Waals surface area contributed by atoms with Crippen LogP contribution in [-0.4, -0.2) is 34.6 Å². The van der Waals surface area contributed by atoms with Crippen molar-refractivity contribution in [3.8, 4) is 18.9 Å². The number of amides is 1. The molecule has 0 unspecified atom stereocenters. The molecule has 0 aromatic heterocycles. The molecule has 3 atom stereocenters. The van der Waals surface area contributed by atoms with E-state index in [9.17, 15) is 4.79 Å². The molecule has 4 heteroatoms. The van der Waals surface area contributed by atoms with E-state index < -0.39 is 0 Å². The lowest BCUT2D eigenvalue weighted by molar-refractivity contribution is -0.132. The van der Waals surface area contributed by atoms with Gasteiger partial charge in [0, 0.05) is 19.1 Å². The average Bonchev–Trinajstić information content (AvgIpc) is 2.99. The highest BCUT2D eigenvalue weighted by molar-refractivity contribution is 5.78. The second-order valence-corrected chi connectivity index (χ2v) is 4.07. The summed E-state index contributed by atoms with van der Waals surface area (Å²) in [5.74, 6) is 0.619. The van der Waals surface area contributed by atoms with Crippen molar-refractivity contribution in [1.29, 1.82) is 5.26 Å². The van der Waals surface area contributed by atoms with Crippen LogP contribution in [-0.2, 0) is 4.79 Å². The van der Waals surface area contributed by atoms with Gasteiger partial charge in [-0.3, -0.25) is 4.79 Å². The number of hydrogen-bond acceptors (Lipinski definition) is 3. The second kappa shape index (κ2) is 5.53. The molecule has 86 valence electrons. The fraction of sp³-hybridized carbons (Fsp3) is 0.667. The minimum Gasteiger partial charge on any atom is -0.396 e. The molecule has 1 N–H and O–H groups in total. The van der Waals surface area contributed by atoms with E-state index in [1.807, 2.05) is 0 Å². The zero-order chi connectivity index (χ0) is 12.1. The van der Waals surface area contributed by atoms with E-state index in [1.165, 1.54) is 0 Å². The first-order chi connectivity index (χ1) is 7.77. The van der Waals surface area contributed by atoms with Gasteiger partial charge >= 0.3 is 0 Å². The van der Waals surface area contributed by atoms with Crippen LogP contribution in [0.5, 0.6) is 0 Å². The van der Waals surface area contributed by atoms with Gasteiger partial charge in [0.1, 0.15) is 6.04 Å². The van der Waals surface area contributed by atoms with Crippen molar-refractivity contribution in [3.05, 3.63) is 0 Å².